The molecule has 0 saturated carbocycles. The summed E-state index contributed by atoms with van der Waals surface area (Å²) in [5, 5.41) is 9.70. The molecule has 0 fully saturated rings. The molecule has 1 heterocycles. The van der Waals surface area contributed by atoms with Gasteiger partial charge in [-0.15, -0.1) is 0 Å². The van der Waals surface area contributed by atoms with Crippen molar-refractivity contribution < 1.29 is 4.79 Å². The summed E-state index contributed by atoms with van der Waals surface area (Å²) in [6.07, 6.45) is 1.35. The quantitative estimate of drug-likeness (QED) is 0.826. The average Bonchev–Trinajstić information content (AvgIpc) is 2.62. The van der Waals surface area contributed by atoms with Gasteiger partial charge in [0, 0.05) is 33.1 Å². The maximum Gasteiger partial charge on any atom is 0.330 e. The third-order valence-electron chi connectivity index (χ3n) is 4.38. The van der Waals surface area contributed by atoms with Crippen molar-refractivity contribution in [1.82, 2.24) is 9.13 Å². The zero-order chi connectivity index (χ0) is 19.5. The van der Waals surface area contributed by atoms with Crippen LogP contribution >= 0.6 is 0 Å². The van der Waals surface area contributed by atoms with Gasteiger partial charge in [-0.05, 0) is 11.1 Å². The van der Waals surface area contributed by atoms with E-state index in [1.54, 1.807) is 24.3 Å². The minimum Gasteiger partial charge on any atom is -0.368 e. The van der Waals surface area contributed by atoms with Gasteiger partial charge in [0.25, 0.3) is 5.56 Å². The molecule has 1 amide bonds. The lowest BCUT2D eigenvalue weighted by atomic mass is 9.76. The minimum absolute atomic E-state index is 0.102. The molecule has 2 N–H and O–H groups in total. The molecule has 1 unspecified atom stereocenters. The van der Waals surface area contributed by atoms with Crippen LogP contribution in [0.2, 0.25) is 0 Å². The van der Waals surface area contributed by atoms with Crippen molar-refractivity contribution in [2.75, 3.05) is 0 Å². The van der Waals surface area contributed by atoms with E-state index in [0.29, 0.717) is 0 Å². The fourth-order valence-electron chi connectivity index (χ4n) is 2.83. The number of hydrogen-bond acceptors (Lipinski definition) is 4. The van der Waals surface area contributed by atoms with E-state index in [9.17, 15) is 19.6 Å². The van der Waals surface area contributed by atoms with Crippen LogP contribution in [-0.4, -0.2) is 15.0 Å². The molecule has 0 spiro atoms. The molecule has 0 aliphatic carbocycles. The van der Waals surface area contributed by atoms with Crippen molar-refractivity contribution in [3.8, 4) is 6.07 Å². The van der Waals surface area contributed by atoms with E-state index in [1.165, 1.54) is 24.9 Å². The number of nitrogens with zero attached hydrogens (tertiary/aromatic N) is 3. The molecule has 1 aromatic heterocycles. The third kappa shape index (κ3) is 3.49. The SMILES string of the molecule is C=C(CC(C#N)(Cc1ccccc1)C(N)=O)c1cn(C)c(=O)n(C)c1=O. The van der Waals surface area contributed by atoms with E-state index in [-0.39, 0.29) is 24.0 Å². The number of nitrogens with two attached hydrogens (primary N) is 1. The summed E-state index contributed by atoms with van der Waals surface area (Å²) in [5.41, 5.74) is 4.20. The number of rotatable bonds is 6. The highest BCUT2D eigenvalue weighted by Gasteiger charge is 2.38. The second-order valence-corrected chi connectivity index (χ2v) is 6.30. The first-order valence-corrected chi connectivity index (χ1v) is 7.92. The second-order valence-electron chi connectivity index (χ2n) is 6.30. The van der Waals surface area contributed by atoms with E-state index in [1.807, 2.05) is 12.1 Å². The Hall–Kier alpha value is -3.40. The third-order valence-corrected chi connectivity index (χ3v) is 4.38. The molecule has 0 aliphatic heterocycles. The van der Waals surface area contributed by atoms with E-state index in [0.717, 1.165) is 10.1 Å². The summed E-state index contributed by atoms with van der Waals surface area (Å²) < 4.78 is 2.20. The fraction of sp³-hybridized carbons (Fsp3) is 0.263. The molecule has 7 heteroatoms. The lowest BCUT2D eigenvalue weighted by Crippen LogP contribution is -2.40. The molecule has 1 atom stereocenters. The standard InChI is InChI=1S/C19H20N4O3/c1-13(15-11-22(2)18(26)23(3)16(15)24)9-19(12-20,17(21)25)10-14-7-5-4-6-8-14/h4-8,11H,1,9-10H2,2-3H3,(H2,21,25). The number of aromatic nitrogens is 2. The Balaban J connectivity index is 2.46. The van der Waals surface area contributed by atoms with E-state index in [2.05, 4.69) is 6.58 Å². The number of carbonyl (C=O) groups excluding carboxylic acids is 1. The van der Waals surface area contributed by atoms with Crippen LogP contribution in [0.1, 0.15) is 17.5 Å². The molecule has 0 aliphatic rings. The van der Waals surface area contributed by atoms with Gasteiger partial charge >= 0.3 is 5.69 Å². The van der Waals surface area contributed by atoms with Crippen LogP contribution in [0.3, 0.4) is 0 Å². The summed E-state index contributed by atoms with van der Waals surface area (Å²) in [6.45, 7) is 3.87. The first-order chi connectivity index (χ1) is 12.2. The van der Waals surface area contributed by atoms with Crippen molar-refractivity contribution in [2.24, 2.45) is 25.2 Å². The van der Waals surface area contributed by atoms with Crippen LogP contribution in [-0.2, 0) is 25.3 Å². The van der Waals surface area contributed by atoms with Crippen LogP contribution in [0.25, 0.3) is 5.57 Å². The number of primary amides is 1. The summed E-state index contributed by atoms with van der Waals surface area (Å²) in [4.78, 5) is 36.3. The molecule has 1 aromatic carbocycles. The monoisotopic (exact) mass is 352 g/mol. The van der Waals surface area contributed by atoms with Crippen molar-refractivity contribution in [1.29, 1.82) is 5.26 Å². The van der Waals surface area contributed by atoms with Gasteiger partial charge in [0.15, 0.2) is 0 Å². The number of aryl methyl sites for hydroxylation is 1. The van der Waals surface area contributed by atoms with Crippen molar-refractivity contribution in [3.05, 3.63) is 75.1 Å². The maximum atomic E-state index is 12.4. The van der Waals surface area contributed by atoms with E-state index < -0.39 is 22.6 Å². The van der Waals surface area contributed by atoms with Gasteiger partial charge in [-0.25, -0.2) is 4.79 Å². The van der Waals surface area contributed by atoms with Crippen LogP contribution < -0.4 is 17.0 Å². The summed E-state index contributed by atoms with van der Waals surface area (Å²) in [6, 6.07) is 11.0. The van der Waals surface area contributed by atoms with Crippen LogP contribution in [0.5, 0.6) is 0 Å². The fourth-order valence-corrected chi connectivity index (χ4v) is 2.83. The summed E-state index contributed by atoms with van der Waals surface area (Å²) >= 11 is 0. The first kappa shape index (κ1) is 18.9. The zero-order valence-corrected chi connectivity index (χ0v) is 14.7. The van der Waals surface area contributed by atoms with E-state index >= 15 is 0 Å². The first-order valence-electron chi connectivity index (χ1n) is 7.92. The minimum atomic E-state index is -1.54. The smallest absolute Gasteiger partial charge is 0.330 e. The van der Waals surface area contributed by atoms with Gasteiger partial charge in [-0.3, -0.25) is 14.2 Å². The highest BCUT2D eigenvalue weighted by molar-refractivity contribution is 5.86. The molecular weight excluding hydrogens is 332 g/mol. The predicted octanol–water partition coefficient (Wildman–Crippen LogP) is 0.725. The number of carbonyl (C=O) groups is 1. The number of nitriles is 1. The molecule has 134 valence electrons. The van der Waals surface area contributed by atoms with Crippen LogP contribution in [0.4, 0.5) is 0 Å². The average molecular weight is 352 g/mol. The van der Waals surface area contributed by atoms with Crippen molar-refractivity contribution >= 4 is 11.5 Å². The van der Waals surface area contributed by atoms with Crippen molar-refractivity contribution in [3.63, 3.8) is 0 Å². The molecule has 2 rings (SSSR count). The molecular formula is C19H20N4O3. The van der Waals surface area contributed by atoms with Gasteiger partial charge in [0.2, 0.25) is 5.91 Å². The second kappa shape index (κ2) is 7.23. The number of amides is 1. The predicted molar refractivity (Wildman–Crippen MR) is 98.0 cm³/mol. The Morgan fingerprint density at radius 2 is 1.88 bits per heavy atom. The Bertz CT molecular complexity index is 1010. The van der Waals surface area contributed by atoms with Crippen molar-refractivity contribution in [2.45, 2.75) is 12.8 Å². The molecule has 0 bridgehead atoms. The lowest BCUT2D eigenvalue weighted by molar-refractivity contribution is -0.124. The van der Waals surface area contributed by atoms with Gasteiger partial charge < -0.3 is 10.3 Å². The Kier molecular flexibility index (Phi) is 5.27. The van der Waals surface area contributed by atoms with Gasteiger partial charge in [-0.2, -0.15) is 5.26 Å². The van der Waals surface area contributed by atoms with Crippen LogP contribution in [0, 0.1) is 16.7 Å². The lowest BCUT2D eigenvalue weighted by Gasteiger charge is -2.24. The molecule has 2 aromatic rings. The highest BCUT2D eigenvalue weighted by atomic mass is 16.2. The normalized spacial score (nSPS) is 12.8. The summed E-state index contributed by atoms with van der Waals surface area (Å²) in [7, 11) is 2.87. The summed E-state index contributed by atoms with van der Waals surface area (Å²) in [5.74, 6) is -0.786. The number of allylic oxidation sites excluding steroid dienone is 1. The zero-order valence-electron chi connectivity index (χ0n) is 14.7. The molecule has 0 radical (unpaired) electrons. The molecule has 0 saturated heterocycles. The Morgan fingerprint density at radius 1 is 1.27 bits per heavy atom. The van der Waals surface area contributed by atoms with Gasteiger partial charge in [0.05, 0.1) is 11.6 Å². The molecule has 26 heavy (non-hydrogen) atoms. The Labute approximate surface area is 150 Å². The van der Waals surface area contributed by atoms with Crippen LogP contribution in [0.15, 0.2) is 52.7 Å². The molecule has 7 nitrogen and oxygen atoms in total. The maximum absolute atomic E-state index is 12.4. The largest absolute Gasteiger partial charge is 0.368 e. The van der Waals surface area contributed by atoms with E-state index in [4.69, 9.17) is 5.73 Å². The van der Waals surface area contributed by atoms with Gasteiger partial charge in [0.1, 0.15) is 5.41 Å². The Morgan fingerprint density at radius 3 is 2.42 bits per heavy atom. The number of benzene rings is 1. The highest BCUT2D eigenvalue weighted by Crippen LogP contribution is 2.32. The topological polar surface area (TPSA) is 111 Å². The van der Waals surface area contributed by atoms with Gasteiger partial charge in [-0.1, -0.05) is 36.9 Å². The number of hydrogen-bond donors (Lipinski definition) is 1.